The third-order valence-corrected chi connectivity index (χ3v) is 3.57. The largest absolute Gasteiger partial charge is 0.370 e. The summed E-state index contributed by atoms with van der Waals surface area (Å²) in [5, 5.41) is 4.88. The highest BCUT2D eigenvalue weighted by molar-refractivity contribution is 7.99. The summed E-state index contributed by atoms with van der Waals surface area (Å²) in [6, 6.07) is 12.2. The number of nitrogens with zero attached hydrogens (tertiary/aromatic N) is 2. The highest BCUT2D eigenvalue weighted by Crippen LogP contribution is 2.26. The molecule has 0 atom stereocenters. The minimum atomic E-state index is 0.507. The minimum absolute atomic E-state index is 0.507. The Labute approximate surface area is 125 Å². The van der Waals surface area contributed by atoms with Gasteiger partial charge < -0.3 is 5.32 Å². The zero-order chi connectivity index (χ0) is 14.4. The molecule has 1 N–H and O–H groups in total. The van der Waals surface area contributed by atoms with E-state index in [1.807, 2.05) is 36.4 Å². The van der Waals surface area contributed by atoms with Crippen LogP contribution in [0.25, 0.3) is 11.4 Å². The van der Waals surface area contributed by atoms with E-state index in [0.717, 1.165) is 35.2 Å². The lowest BCUT2D eigenvalue weighted by Crippen LogP contribution is -2.04. The van der Waals surface area contributed by atoms with Crippen molar-refractivity contribution < 1.29 is 0 Å². The van der Waals surface area contributed by atoms with Crippen LogP contribution in [-0.2, 0) is 0 Å². The number of thioether (sulfide) groups is 1. The van der Waals surface area contributed by atoms with Gasteiger partial charge in [-0.3, -0.25) is 0 Å². The maximum Gasteiger partial charge on any atom is 0.162 e. The lowest BCUT2D eigenvalue weighted by atomic mass is 10.2. The summed E-state index contributed by atoms with van der Waals surface area (Å²) in [7, 11) is 0. The van der Waals surface area contributed by atoms with Crippen LogP contribution in [0.4, 0.5) is 5.82 Å². The van der Waals surface area contributed by atoms with Crippen LogP contribution in [0.15, 0.2) is 41.4 Å². The van der Waals surface area contributed by atoms with Crippen molar-refractivity contribution in [1.29, 1.82) is 0 Å². The van der Waals surface area contributed by atoms with Crippen LogP contribution < -0.4 is 5.32 Å². The second-order valence-electron chi connectivity index (χ2n) is 4.87. The Kier molecular flexibility index (Phi) is 5.41. The van der Waals surface area contributed by atoms with E-state index in [9.17, 15) is 0 Å². The zero-order valence-corrected chi connectivity index (χ0v) is 13.1. The van der Waals surface area contributed by atoms with Gasteiger partial charge in [0.15, 0.2) is 5.82 Å². The van der Waals surface area contributed by atoms with E-state index in [1.54, 1.807) is 11.8 Å². The van der Waals surface area contributed by atoms with Gasteiger partial charge in [-0.2, -0.15) is 0 Å². The molecule has 1 aromatic carbocycles. The molecule has 0 saturated heterocycles. The van der Waals surface area contributed by atoms with Gasteiger partial charge in [0.1, 0.15) is 10.8 Å². The van der Waals surface area contributed by atoms with E-state index in [0.29, 0.717) is 5.25 Å². The third-order valence-electron chi connectivity index (χ3n) is 2.65. The summed E-state index contributed by atoms with van der Waals surface area (Å²) in [6.45, 7) is 7.43. The van der Waals surface area contributed by atoms with Crippen LogP contribution >= 0.6 is 11.8 Å². The molecule has 0 amide bonds. The smallest absolute Gasteiger partial charge is 0.162 e. The van der Waals surface area contributed by atoms with Gasteiger partial charge in [-0.15, -0.1) is 11.8 Å². The van der Waals surface area contributed by atoms with Crippen LogP contribution in [0.5, 0.6) is 0 Å². The van der Waals surface area contributed by atoms with E-state index < -0.39 is 0 Å². The van der Waals surface area contributed by atoms with E-state index in [2.05, 4.69) is 36.1 Å². The fourth-order valence-electron chi connectivity index (χ4n) is 1.79. The fraction of sp³-hybridized carbons (Fsp3) is 0.375. The van der Waals surface area contributed by atoms with Crippen molar-refractivity contribution in [3.63, 3.8) is 0 Å². The summed E-state index contributed by atoms with van der Waals surface area (Å²) in [6.07, 6.45) is 1.08. The van der Waals surface area contributed by atoms with Crippen LogP contribution in [0.3, 0.4) is 0 Å². The number of hydrogen-bond acceptors (Lipinski definition) is 4. The highest BCUT2D eigenvalue weighted by atomic mass is 32.2. The van der Waals surface area contributed by atoms with E-state index in [-0.39, 0.29) is 0 Å². The Hall–Kier alpha value is -1.55. The summed E-state index contributed by atoms with van der Waals surface area (Å²) in [5.74, 6) is 1.69. The fourth-order valence-corrected chi connectivity index (χ4v) is 2.59. The molecule has 1 aromatic heterocycles. The minimum Gasteiger partial charge on any atom is -0.370 e. The molecule has 0 bridgehead atoms. The summed E-state index contributed by atoms with van der Waals surface area (Å²) >= 11 is 1.76. The highest BCUT2D eigenvalue weighted by Gasteiger charge is 2.08. The Balaban J connectivity index is 2.34. The molecule has 0 spiro atoms. The standard InChI is InChI=1S/C16H21N3S/c1-4-10-17-14-11-15(20-12(2)3)19-16(18-14)13-8-6-5-7-9-13/h5-9,11-12H,4,10H2,1-3H3,(H,17,18,19). The number of nitrogens with one attached hydrogen (secondary N) is 1. The molecule has 1 heterocycles. The molecule has 0 aliphatic carbocycles. The monoisotopic (exact) mass is 287 g/mol. The number of rotatable bonds is 6. The first-order valence-corrected chi connectivity index (χ1v) is 7.92. The lowest BCUT2D eigenvalue weighted by Gasteiger charge is -2.10. The second-order valence-corrected chi connectivity index (χ2v) is 6.47. The van der Waals surface area contributed by atoms with Crippen LogP contribution in [0.1, 0.15) is 27.2 Å². The van der Waals surface area contributed by atoms with Crippen molar-refractivity contribution in [3.05, 3.63) is 36.4 Å². The summed E-state index contributed by atoms with van der Waals surface area (Å²) < 4.78 is 0. The molecule has 2 aromatic rings. The lowest BCUT2D eigenvalue weighted by molar-refractivity contribution is 0.954. The summed E-state index contributed by atoms with van der Waals surface area (Å²) in [4.78, 5) is 9.28. The van der Waals surface area contributed by atoms with Crippen molar-refractivity contribution in [1.82, 2.24) is 9.97 Å². The van der Waals surface area contributed by atoms with E-state index in [4.69, 9.17) is 0 Å². The van der Waals surface area contributed by atoms with Crippen LogP contribution in [-0.4, -0.2) is 21.8 Å². The molecule has 4 heteroatoms. The Morgan fingerprint density at radius 2 is 1.90 bits per heavy atom. The molecule has 0 radical (unpaired) electrons. The first-order valence-electron chi connectivity index (χ1n) is 7.04. The topological polar surface area (TPSA) is 37.8 Å². The summed E-state index contributed by atoms with van der Waals surface area (Å²) in [5.41, 5.74) is 1.05. The molecular formula is C16H21N3S. The SMILES string of the molecule is CCCNc1cc(SC(C)C)nc(-c2ccccc2)n1. The van der Waals surface area contributed by atoms with E-state index in [1.165, 1.54) is 0 Å². The van der Waals surface area contributed by atoms with Crippen molar-refractivity contribution >= 4 is 17.6 Å². The average Bonchev–Trinajstić information content (AvgIpc) is 2.45. The number of benzene rings is 1. The molecule has 0 fully saturated rings. The van der Waals surface area contributed by atoms with E-state index >= 15 is 0 Å². The number of hydrogen-bond donors (Lipinski definition) is 1. The van der Waals surface area contributed by atoms with Crippen LogP contribution in [0.2, 0.25) is 0 Å². The quantitative estimate of drug-likeness (QED) is 0.628. The molecule has 0 unspecified atom stereocenters. The van der Waals surface area contributed by atoms with Crippen molar-refractivity contribution in [2.24, 2.45) is 0 Å². The van der Waals surface area contributed by atoms with Gasteiger partial charge in [0.2, 0.25) is 0 Å². The maximum absolute atomic E-state index is 4.66. The third kappa shape index (κ3) is 4.23. The van der Waals surface area contributed by atoms with Crippen molar-refractivity contribution in [2.45, 2.75) is 37.5 Å². The van der Waals surface area contributed by atoms with Crippen molar-refractivity contribution in [2.75, 3.05) is 11.9 Å². The predicted octanol–water partition coefficient (Wildman–Crippen LogP) is 4.47. The van der Waals surface area contributed by atoms with Gasteiger partial charge in [0, 0.05) is 23.4 Å². The Morgan fingerprint density at radius 1 is 1.15 bits per heavy atom. The molecule has 0 aliphatic rings. The molecule has 3 nitrogen and oxygen atoms in total. The van der Waals surface area contributed by atoms with Gasteiger partial charge in [-0.25, -0.2) is 9.97 Å². The van der Waals surface area contributed by atoms with Gasteiger partial charge in [-0.05, 0) is 6.42 Å². The predicted molar refractivity (Wildman–Crippen MR) is 87.2 cm³/mol. The molecule has 20 heavy (non-hydrogen) atoms. The van der Waals surface area contributed by atoms with Crippen LogP contribution in [0, 0.1) is 0 Å². The first kappa shape index (κ1) is 14.9. The van der Waals surface area contributed by atoms with Gasteiger partial charge in [0.05, 0.1) is 0 Å². The zero-order valence-electron chi connectivity index (χ0n) is 12.3. The molecule has 2 rings (SSSR count). The molecule has 0 aliphatic heterocycles. The maximum atomic E-state index is 4.66. The normalized spacial score (nSPS) is 10.8. The molecular weight excluding hydrogens is 266 g/mol. The van der Waals surface area contributed by atoms with Crippen molar-refractivity contribution in [3.8, 4) is 11.4 Å². The average molecular weight is 287 g/mol. The Morgan fingerprint density at radius 3 is 2.55 bits per heavy atom. The Bertz CT molecular complexity index is 541. The van der Waals surface area contributed by atoms with Gasteiger partial charge in [-0.1, -0.05) is 51.1 Å². The second kappa shape index (κ2) is 7.29. The number of aromatic nitrogens is 2. The molecule has 0 saturated carbocycles. The number of anilines is 1. The molecule has 106 valence electrons. The first-order chi connectivity index (χ1) is 9.69. The van der Waals surface area contributed by atoms with Gasteiger partial charge in [0.25, 0.3) is 0 Å². The van der Waals surface area contributed by atoms with Gasteiger partial charge >= 0.3 is 0 Å².